The largest absolute Gasteiger partial charge is 0.397 e. The van der Waals surface area contributed by atoms with Crippen LogP contribution in [-0.2, 0) is 0 Å². The molecular weight excluding hydrogens is 233 g/mol. The normalized spacial score (nSPS) is 19.7. The SMILES string of the molecule is CC1CCCN(C(=O)Nc2c(N)cccc2F)C1. The van der Waals surface area contributed by atoms with Crippen LogP contribution < -0.4 is 11.1 Å². The summed E-state index contributed by atoms with van der Waals surface area (Å²) in [5.74, 6) is -0.0177. The summed E-state index contributed by atoms with van der Waals surface area (Å²) >= 11 is 0. The molecule has 1 unspecified atom stereocenters. The zero-order chi connectivity index (χ0) is 13.1. The minimum atomic E-state index is -0.506. The Kier molecular flexibility index (Phi) is 3.69. The Morgan fingerprint density at radius 2 is 2.33 bits per heavy atom. The maximum atomic E-state index is 13.5. The van der Waals surface area contributed by atoms with Gasteiger partial charge in [0, 0.05) is 13.1 Å². The van der Waals surface area contributed by atoms with Gasteiger partial charge in [-0.3, -0.25) is 0 Å². The first-order valence-corrected chi connectivity index (χ1v) is 6.18. The van der Waals surface area contributed by atoms with Crippen LogP contribution in [0.3, 0.4) is 0 Å². The lowest BCUT2D eigenvalue weighted by Gasteiger charge is -2.31. The van der Waals surface area contributed by atoms with Gasteiger partial charge in [-0.15, -0.1) is 0 Å². The van der Waals surface area contributed by atoms with Gasteiger partial charge >= 0.3 is 6.03 Å². The molecule has 1 aliphatic heterocycles. The molecular formula is C13H18FN3O. The Hall–Kier alpha value is -1.78. The molecule has 1 heterocycles. The summed E-state index contributed by atoms with van der Waals surface area (Å²) < 4.78 is 13.5. The highest BCUT2D eigenvalue weighted by atomic mass is 19.1. The Balaban J connectivity index is 2.07. The molecule has 0 bridgehead atoms. The van der Waals surface area contributed by atoms with Crippen molar-refractivity contribution in [3.8, 4) is 0 Å². The van der Waals surface area contributed by atoms with Crippen LogP contribution in [-0.4, -0.2) is 24.0 Å². The number of piperidine rings is 1. The smallest absolute Gasteiger partial charge is 0.321 e. The van der Waals surface area contributed by atoms with Crippen molar-refractivity contribution >= 4 is 17.4 Å². The maximum Gasteiger partial charge on any atom is 0.321 e. The molecule has 5 heteroatoms. The van der Waals surface area contributed by atoms with Gasteiger partial charge in [-0.25, -0.2) is 9.18 Å². The number of urea groups is 1. The average Bonchev–Trinajstić information content (AvgIpc) is 2.34. The van der Waals surface area contributed by atoms with Crippen molar-refractivity contribution in [3.63, 3.8) is 0 Å². The molecule has 2 amide bonds. The molecule has 3 N–H and O–H groups in total. The highest BCUT2D eigenvalue weighted by molar-refractivity contribution is 5.92. The van der Waals surface area contributed by atoms with E-state index in [0.29, 0.717) is 19.0 Å². The quantitative estimate of drug-likeness (QED) is 0.754. The van der Waals surface area contributed by atoms with Gasteiger partial charge in [-0.1, -0.05) is 13.0 Å². The summed E-state index contributed by atoms with van der Waals surface area (Å²) in [5.41, 5.74) is 5.97. The van der Waals surface area contributed by atoms with Crippen LogP contribution in [0.1, 0.15) is 19.8 Å². The third kappa shape index (κ3) is 2.72. The molecule has 1 atom stereocenters. The lowest BCUT2D eigenvalue weighted by molar-refractivity contribution is 0.182. The predicted octanol–water partition coefficient (Wildman–Crippen LogP) is 2.67. The number of rotatable bonds is 1. The number of carbonyl (C=O) groups excluding carboxylic acids is 1. The van der Waals surface area contributed by atoms with Crippen molar-refractivity contribution < 1.29 is 9.18 Å². The molecule has 98 valence electrons. The van der Waals surface area contributed by atoms with Crippen LogP contribution in [0, 0.1) is 11.7 Å². The highest BCUT2D eigenvalue weighted by Gasteiger charge is 2.22. The number of nitrogens with zero attached hydrogens (tertiary/aromatic N) is 1. The molecule has 2 rings (SSSR count). The summed E-state index contributed by atoms with van der Waals surface area (Å²) in [5, 5.41) is 2.56. The van der Waals surface area contributed by atoms with E-state index in [9.17, 15) is 9.18 Å². The molecule has 0 spiro atoms. The van der Waals surface area contributed by atoms with E-state index in [1.165, 1.54) is 12.1 Å². The standard InChI is InChI=1S/C13H18FN3O/c1-9-4-3-7-17(8-9)13(18)16-12-10(14)5-2-6-11(12)15/h2,5-6,9H,3-4,7-8,15H2,1H3,(H,16,18). The second-order valence-electron chi connectivity index (χ2n) is 4.83. The molecule has 1 aliphatic rings. The number of nitrogens with two attached hydrogens (primary N) is 1. The van der Waals surface area contributed by atoms with Gasteiger partial charge in [0.05, 0.1) is 5.69 Å². The Labute approximate surface area is 106 Å². The summed E-state index contributed by atoms with van der Waals surface area (Å²) in [4.78, 5) is 13.7. The Morgan fingerprint density at radius 1 is 1.56 bits per heavy atom. The number of anilines is 2. The van der Waals surface area contributed by atoms with Crippen LogP contribution >= 0.6 is 0 Å². The lowest BCUT2D eigenvalue weighted by Crippen LogP contribution is -2.41. The van der Waals surface area contributed by atoms with Crippen molar-refractivity contribution in [2.24, 2.45) is 5.92 Å². The fourth-order valence-corrected chi connectivity index (χ4v) is 2.23. The predicted molar refractivity (Wildman–Crippen MR) is 69.8 cm³/mol. The fraction of sp³-hybridized carbons (Fsp3) is 0.462. The number of nitrogens with one attached hydrogen (secondary N) is 1. The van der Waals surface area contributed by atoms with E-state index in [2.05, 4.69) is 12.2 Å². The van der Waals surface area contributed by atoms with Gasteiger partial charge in [0.1, 0.15) is 11.5 Å². The topological polar surface area (TPSA) is 58.4 Å². The zero-order valence-electron chi connectivity index (χ0n) is 10.4. The number of hydrogen-bond acceptors (Lipinski definition) is 2. The molecule has 0 saturated carbocycles. The lowest BCUT2D eigenvalue weighted by atomic mass is 10.0. The third-order valence-corrected chi connectivity index (χ3v) is 3.22. The molecule has 1 aromatic carbocycles. The first kappa shape index (κ1) is 12.7. The summed E-state index contributed by atoms with van der Waals surface area (Å²) in [6.45, 7) is 3.53. The molecule has 1 saturated heterocycles. The molecule has 0 aliphatic carbocycles. The zero-order valence-corrected chi connectivity index (χ0v) is 10.4. The second kappa shape index (κ2) is 5.25. The van der Waals surface area contributed by atoms with Gasteiger partial charge < -0.3 is 16.0 Å². The molecule has 1 fully saturated rings. The molecule has 18 heavy (non-hydrogen) atoms. The monoisotopic (exact) mass is 251 g/mol. The van der Waals surface area contributed by atoms with E-state index < -0.39 is 5.82 Å². The van der Waals surface area contributed by atoms with Crippen LogP contribution in [0.4, 0.5) is 20.6 Å². The van der Waals surface area contributed by atoms with E-state index in [0.717, 1.165) is 12.8 Å². The molecule has 0 aromatic heterocycles. The first-order valence-electron chi connectivity index (χ1n) is 6.18. The van der Waals surface area contributed by atoms with Crippen molar-refractivity contribution in [2.75, 3.05) is 24.1 Å². The number of likely N-dealkylation sites (tertiary alicyclic amines) is 1. The van der Waals surface area contributed by atoms with Gasteiger partial charge in [0.25, 0.3) is 0 Å². The fourth-order valence-electron chi connectivity index (χ4n) is 2.23. The van der Waals surface area contributed by atoms with Gasteiger partial charge in [0.15, 0.2) is 0 Å². The number of nitrogen functional groups attached to an aromatic ring is 1. The number of benzene rings is 1. The van der Waals surface area contributed by atoms with E-state index in [1.807, 2.05) is 0 Å². The molecule has 0 radical (unpaired) electrons. The first-order chi connectivity index (χ1) is 8.58. The van der Waals surface area contributed by atoms with Crippen molar-refractivity contribution in [2.45, 2.75) is 19.8 Å². The Morgan fingerprint density at radius 3 is 3.00 bits per heavy atom. The minimum Gasteiger partial charge on any atom is -0.397 e. The summed E-state index contributed by atoms with van der Waals surface area (Å²) in [7, 11) is 0. The number of carbonyl (C=O) groups is 1. The van der Waals surface area contributed by atoms with Gasteiger partial charge in [0.2, 0.25) is 0 Å². The summed E-state index contributed by atoms with van der Waals surface area (Å²) in [6.07, 6.45) is 2.12. The number of para-hydroxylation sites is 1. The minimum absolute atomic E-state index is 0.0701. The number of hydrogen-bond donors (Lipinski definition) is 2. The van der Waals surface area contributed by atoms with Crippen LogP contribution in [0.2, 0.25) is 0 Å². The van der Waals surface area contributed by atoms with E-state index in [-0.39, 0.29) is 17.4 Å². The Bertz CT molecular complexity index is 430. The van der Waals surface area contributed by atoms with Crippen LogP contribution in [0.15, 0.2) is 18.2 Å². The average molecular weight is 251 g/mol. The van der Waals surface area contributed by atoms with E-state index in [1.54, 1.807) is 11.0 Å². The van der Waals surface area contributed by atoms with Crippen molar-refractivity contribution in [3.05, 3.63) is 24.0 Å². The van der Waals surface area contributed by atoms with Crippen LogP contribution in [0.25, 0.3) is 0 Å². The molecule has 1 aromatic rings. The van der Waals surface area contributed by atoms with Crippen molar-refractivity contribution in [1.29, 1.82) is 0 Å². The summed E-state index contributed by atoms with van der Waals surface area (Å²) in [6, 6.07) is 4.09. The van der Waals surface area contributed by atoms with Crippen molar-refractivity contribution in [1.82, 2.24) is 4.90 Å². The number of amides is 2. The number of halogens is 1. The van der Waals surface area contributed by atoms with E-state index >= 15 is 0 Å². The van der Waals surface area contributed by atoms with Crippen LogP contribution in [0.5, 0.6) is 0 Å². The second-order valence-corrected chi connectivity index (χ2v) is 4.83. The van der Waals surface area contributed by atoms with Gasteiger partial charge in [-0.2, -0.15) is 0 Å². The highest BCUT2D eigenvalue weighted by Crippen LogP contribution is 2.23. The van der Waals surface area contributed by atoms with Gasteiger partial charge in [-0.05, 0) is 30.9 Å². The third-order valence-electron chi connectivity index (χ3n) is 3.22. The van der Waals surface area contributed by atoms with E-state index in [4.69, 9.17) is 5.73 Å². The maximum absolute atomic E-state index is 13.5. The molecule has 4 nitrogen and oxygen atoms in total.